The van der Waals surface area contributed by atoms with Gasteiger partial charge in [-0.2, -0.15) is 0 Å². The number of hydrogen-bond acceptors (Lipinski definition) is 4. The largest absolute Gasteiger partial charge is 0.337 e. The topological polar surface area (TPSA) is 59.0 Å². The third-order valence-corrected chi connectivity index (χ3v) is 4.41. The first-order chi connectivity index (χ1) is 11.3. The monoisotopic (exact) mass is 306 g/mol. The maximum absolute atomic E-state index is 12.6. The van der Waals surface area contributed by atoms with Crippen LogP contribution >= 0.6 is 0 Å². The molecule has 0 bridgehead atoms. The molecule has 0 aromatic carbocycles. The maximum atomic E-state index is 12.6. The van der Waals surface area contributed by atoms with E-state index >= 15 is 0 Å². The van der Waals surface area contributed by atoms with E-state index in [1.807, 2.05) is 11.1 Å². The molecule has 0 unspecified atom stereocenters. The number of rotatable bonds is 2. The van der Waals surface area contributed by atoms with E-state index in [-0.39, 0.29) is 5.91 Å². The standard InChI is InChI=1S/C18H18N4O/c23-18(22-7-2-1-3-8-22)17-12-19-11-16(21-17)14-9-13-5-4-6-15(13)20-10-14/h4-5,9-12H,1-3,6-8H2. The van der Waals surface area contributed by atoms with Gasteiger partial charge in [0.2, 0.25) is 0 Å². The van der Waals surface area contributed by atoms with Gasteiger partial charge in [0.25, 0.3) is 5.91 Å². The third kappa shape index (κ3) is 2.74. The molecule has 2 aromatic heterocycles. The fourth-order valence-electron chi connectivity index (χ4n) is 3.13. The molecule has 1 fully saturated rings. The number of fused-ring (bicyclic) bond motifs is 1. The number of likely N-dealkylation sites (tertiary alicyclic amines) is 1. The van der Waals surface area contributed by atoms with Crippen molar-refractivity contribution in [3.63, 3.8) is 0 Å². The van der Waals surface area contributed by atoms with Gasteiger partial charge in [0.05, 0.1) is 23.8 Å². The van der Waals surface area contributed by atoms with E-state index in [0.29, 0.717) is 11.4 Å². The van der Waals surface area contributed by atoms with E-state index < -0.39 is 0 Å². The van der Waals surface area contributed by atoms with Crippen LogP contribution in [0.2, 0.25) is 0 Å². The molecule has 1 aliphatic heterocycles. The highest BCUT2D eigenvalue weighted by Gasteiger charge is 2.20. The van der Waals surface area contributed by atoms with Gasteiger partial charge in [-0.1, -0.05) is 12.2 Å². The van der Waals surface area contributed by atoms with E-state index in [9.17, 15) is 4.79 Å². The van der Waals surface area contributed by atoms with Crippen LogP contribution in [-0.4, -0.2) is 38.8 Å². The summed E-state index contributed by atoms with van der Waals surface area (Å²) in [7, 11) is 0. The first kappa shape index (κ1) is 14.1. The number of carbonyl (C=O) groups is 1. The van der Waals surface area contributed by atoms with Crippen LogP contribution in [0.15, 0.2) is 30.7 Å². The fraction of sp³-hybridized carbons (Fsp3) is 0.333. The summed E-state index contributed by atoms with van der Waals surface area (Å²) in [5, 5.41) is 0. The van der Waals surface area contributed by atoms with Crippen LogP contribution in [0.1, 0.15) is 41.0 Å². The number of aromatic nitrogens is 3. The quantitative estimate of drug-likeness (QED) is 0.856. The van der Waals surface area contributed by atoms with Crippen molar-refractivity contribution in [3.05, 3.63) is 47.7 Å². The second kappa shape index (κ2) is 5.91. The first-order valence-corrected chi connectivity index (χ1v) is 8.08. The van der Waals surface area contributed by atoms with Gasteiger partial charge in [0.15, 0.2) is 0 Å². The number of allylic oxidation sites excluding steroid dienone is 1. The Labute approximate surface area is 135 Å². The fourth-order valence-corrected chi connectivity index (χ4v) is 3.13. The Balaban J connectivity index is 1.63. The second-order valence-electron chi connectivity index (χ2n) is 6.01. The van der Waals surface area contributed by atoms with E-state index in [2.05, 4.69) is 33.2 Å². The highest BCUT2D eigenvalue weighted by molar-refractivity contribution is 5.92. The van der Waals surface area contributed by atoms with Crippen molar-refractivity contribution in [2.75, 3.05) is 13.1 Å². The van der Waals surface area contributed by atoms with Crippen LogP contribution in [0.3, 0.4) is 0 Å². The zero-order valence-electron chi connectivity index (χ0n) is 12.9. The van der Waals surface area contributed by atoms with Crippen molar-refractivity contribution in [2.45, 2.75) is 25.7 Å². The Morgan fingerprint density at radius 2 is 1.96 bits per heavy atom. The van der Waals surface area contributed by atoms with Gasteiger partial charge in [-0.3, -0.25) is 14.8 Å². The van der Waals surface area contributed by atoms with Gasteiger partial charge in [-0.15, -0.1) is 0 Å². The number of piperidine rings is 1. The summed E-state index contributed by atoms with van der Waals surface area (Å²) in [6, 6.07) is 2.06. The first-order valence-electron chi connectivity index (χ1n) is 8.08. The normalized spacial score (nSPS) is 16.4. The second-order valence-corrected chi connectivity index (χ2v) is 6.01. The predicted molar refractivity (Wildman–Crippen MR) is 87.8 cm³/mol. The lowest BCUT2D eigenvalue weighted by molar-refractivity contribution is 0.0718. The summed E-state index contributed by atoms with van der Waals surface area (Å²) in [6.07, 6.45) is 13.4. The lowest BCUT2D eigenvalue weighted by atomic mass is 10.1. The van der Waals surface area contributed by atoms with E-state index in [1.54, 1.807) is 12.4 Å². The smallest absolute Gasteiger partial charge is 0.274 e. The summed E-state index contributed by atoms with van der Waals surface area (Å²) >= 11 is 0. The third-order valence-electron chi connectivity index (χ3n) is 4.41. The molecule has 0 atom stereocenters. The van der Waals surface area contributed by atoms with Crippen molar-refractivity contribution in [2.24, 2.45) is 0 Å². The van der Waals surface area contributed by atoms with Gasteiger partial charge >= 0.3 is 0 Å². The summed E-state index contributed by atoms with van der Waals surface area (Å²) in [6.45, 7) is 1.63. The number of nitrogens with zero attached hydrogens (tertiary/aromatic N) is 4. The minimum absolute atomic E-state index is 0.0203. The molecule has 1 saturated heterocycles. The van der Waals surface area contributed by atoms with E-state index in [0.717, 1.165) is 49.2 Å². The van der Waals surface area contributed by atoms with Crippen molar-refractivity contribution < 1.29 is 4.79 Å². The summed E-state index contributed by atoms with van der Waals surface area (Å²) < 4.78 is 0. The SMILES string of the molecule is O=C(c1cncc(-c2cnc3c(c2)C=CC3)n1)N1CCCCC1. The van der Waals surface area contributed by atoms with Gasteiger partial charge in [0, 0.05) is 31.3 Å². The highest BCUT2D eigenvalue weighted by Crippen LogP contribution is 2.23. The molecule has 0 spiro atoms. The molecule has 0 radical (unpaired) electrons. The van der Waals surface area contributed by atoms with Crippen LogP contribution in [0, 0.1) is 0 Å². The van der Waals surface area contributed by atoms with Crippen LogP contribution in [-0.2, 0) is 6.42 Å². The number of pyridine rings is 1. The van der Waals surface area contributed by atoms with E-state index in [1.165, 1.54) is 6.42 Å². The lowest BCUT2D eigenvalue weighted by Gasteiger charge is -2.26. The Kier molecular flexibility index (Phi) is 3.61. The number of amides is 1. The molecule has 2 aromatic rings. The molecule has 23 heavy (non-hydrogen) atoms. The van der Waals surface area contributed by atoms with Gasteiger partial charge < -0.3 is 4.90 Å². The molecule has 0 N–H and O–H groups in total. The van der Waals surface area contributed by atoms with Crippen LogP contribution in [0.5, 0.6) is 0 Å². The lowest BCUT2D eigenvalue weighted by Crippen LogP contribution is -2.36. The molecule has 2 aliphatic rings. The average Bonchev–Trinajstić information content (AvgIpc) is 3.09. The molecular weight excluding hydrogens is 288 g/mol. The van der Waals surface area contributed by atoms with Gasteiger partial charge in [-0.05, 0) is 30.9 Å². The molecular formula is C18H18N4O. The van der Waals surface area contributed by atoms with Crippen molar-refractivity contribution in [1.82, 2.24) is 19.9 Å². The molecule has 5 nitrogen and oxygen atoms in total. The summed E-state index contributed by atoms with van der Waals surface area (Å²) in [5.41, 5.74) is 4.22. The van der Waals surface area contributed by atoms with Crippen molar-refractivity contribution in [1.29, 1.82) is 0 Å². The average molecular weight is 306 g/mol. The van der Waals surface area contributed by atoms with Crippen LogP contribution in [0.4, 0.5) is 0 Å². The molecule has 1 amide bonds. The minimum atomic E-state index is -0.0203. The van der Waals surface area contributed by atoms with Crippen LogP contribution in [0.25, 0.3) is 17.3 Å². The molecule has 5 heteroatoms. The van der Waals surface area contributed by atoms with Crippen LogP contribution < -0.4 is 0 Å². The zero-order valence-corrected chi connectivity index (χ0v) is 12.9. The minimum Gasteiger partial charge on any atom is -0.337 e. The molecule has 1 aliphatic carbocycles. The van der Waals surface area contributed by atoms with Crippen molar-refractivity contribution >= 4 is 12.0 Å². The maximum Gasteiger partial charge on any atom is 0.274 e. The Morgan fingerprint density at radius 3 is 2.83 bits per heavy atom. The number of carbonyl (C=O) groups excluding carboxylic acids is 1. The summed E-state index contributed by atoms with van der Waals surface area (Å²) in [4.78, 5) is 27.7. The van der Waals surface area contributed by atoms with Crippen molar-refractivity contribution in [3.8, 4) is 11.3 Å². The Morgan fingerprint density at radius 1 is 1.09 bits per heavy atom. The van der Waals surface area contributed by atoms with E-state index in [4.69, 9.17) is 0 Å². The number of hydrogen-bond donors (Lipinski definition) is 0. The Bertz CT molecular complexity index is 778. The van der Waals surface area contributed by atoms with Gasteiger partial charge in [-0.25, -0.2) is 4.98 Å². The Hall–Kier alpha value is -2.56. The zero-order chi connectivity index (χ0) is 15.6. The molecule has 0 saturated carbocycles. The molecule has 4 rings (SSSR count). The summed E-state index contributed by atoms with van der Waals surface area (Å²) in [5.74, 6) is -0.0203. The molecule has 3 heterocycles. The van der Waals surface area contributed by atoms with Gasteiger partial charge in [0.1, 0.15) is 5.69 Å². The highest BCUT2D eigenvalue weighted by atomic mass is 16.2. The predicted octanol–water partition coefficient (Wildman–Crippen LogP) is 2.73. The molecule has 116 valence electrons.